The molecular weight excluding hydrogens is 308 g/mol. The van der Waals surface area contributed by atoms with Crippen molar-refractivity contribution in [3.05, 3.63) is 66.0 Å². The zero-order valence-corrected chi connectivity index (χ0v) is 15.0. The molecule has 2 aromatic carbocycles. The topological polar surface area (TPSA) is 33.1 Å². The molecule has 1 aromatic heterocycles. The van der Waals surface area contributed by atoms with E-state index in [4.69, 9.17) is 4.98 Å². The molecule has 0 aliphatic carbocycles. The number of para-hydroxylation sites is 2. The first-order valence-electron chi connectivity index (χ1n) is 9.13. The van der Waals surface area contributed by atoms with Crippen LogP contribution in [-0.2, 0) is 7.05 Å². The summed E-state index contributed by atoms with van der Waals surface area (Å²) < 4.78 is 2.23. The summed E-state index contributed by atoms with van der Waals surface area (Å²) in [5, 5.41) is 3.90. The highest BCUT2D eigenvalue weighted by Gasteiger charge is 2.25. The minimum absolute atomic E-state index is 0.118. The molecule has 0 spiro atoms. The van der Waals surface area contributed by atoms with Crippen molar-refractivity contribution in [2.75, 3.05) is 20.1 Å². The Hall–Kier alpha value is -2.17. The van der Waals surface area contributed by atoms with Crippen LogP contribution < -0.4 is 5.32 Å². The largest absolute Gasteiger partial charge is 0.330 e. The van der Waals surface area contributed by atoms with Crippen LogP contribution >= 0.6 is 0 Å². The van der Waals surface area contributed by atoms with Gasteiger partial charge in [-0.2, -0.15) is 0 Å². The maximum atomic E-state index is 4.96. The summed E-state index contributed by atoms with van der Waals surface area (Å²) in [7, 11) is 4.33. The molecule has 2 heterocycles. The van der Waals surface area contributed by atoms with Crippen molar-refractivity contribution in [2.24, 2.45) is 7.05 Å². The number of benzene rings is 2. The third-order valence-electron chi connectivity index (χ3n) is 5.33. The second-order valence-electron chi connectivity index (χ2n) is 7.11. The molecule has 3 aromatic rings. The molecule has 0 saturated carbocycles. The highest BCUT2D eigenvalue weighted by Crippen LogP contribution is 2.26. The summed E-state index contributed by atoms with van der Waals surface area (Å²) in [5.74, 6) is 1.09. The fourth-order valence-corrected chi connectivity index (χ4v) is 3.80. The average Bonchev–Trinajstić information content (AvgIpc) is 2.99. The molecule has 1 aliphatic heterocycles. The number of likely N-dealkylation sites (tertiary alicyclic amines) is 1. The highest BCUT2D eigenvalue weighted by atomic mass is 15.1. The Labute approximate surface area is 149 Å². The summed E-state index contributed by atoms with van der Waals surface area (Å²) in [5.41, 5.74) is 3.52. The van der Waals surface area contributed by atoms with E-state index in [0.717, 1.165) is 24.4 Å². The van der Waals surface area contributed by atoms with Gasteiger partial charge >= 0.3 is 0 Å². The molecule has 1 atom stereocenters. The number of hydrogen-bond donors (Lipinski definition) is 1. The Bertz CT molecular complexity index is 831. The fraction of sp³-hybridized carbons (Fsp3) is 0.381. The number of hydrogen-bond acceptors (Lipinski definition) is 3. The van der Waals surface area contributed by atoms with E-state index < -0.39 is 0 Å². The molecule has 1 fully saturated rings. The van der Waals surface area contributed by atoms with Crippen LogP contribution in [0.5, 0.6) is 0 Å². The Morgan fingerprint density at radius 2 is 1.64 bits per heavy atom. The molecule has 4 nitrogen and oxygen atoms in total. The van der Waals surface area contributed by atoms with Gasteiger partial charge in [0.15, 0.2) is 0 Å². The highest BCUT2D eigenvalue weighted by molar-refractivity contribution is 5.76. The minimum atomic E-state index is 0.118. The Morgan fingerprint density at radius 1 is 0.960 bits per heavy atom. The summed E-state index contributed by atoms with van der Waals surface area (Å²) >= 11 is 0. The predicted octanol–water partition coefficient (Wildman–Crippen LogP) is 3.35. The molecule has 25 heavy (non-hydrogen) atoms. The number of rotatable bonds is 4. The average molecular weight is 334 g/mol. The smallest absolute Gasteiger partial charge is 0.131 e. The van der Waals surface area contributed by atoms with Gasteiger partial charge < -0.3 is 14.8 Å². The lowest BCUT2D eigenvalue weighted by Gasteiger charge is -2.32. The first-order valence-corrected chi connectivity index (χ1v) is 9.13. The number of aryl methyl sites for hydroxylation is 1. The Kier molecular flexibility index (Phi) is 4.55. The third kappa shape index (κ3) is 3.32. The van der Waals surface area contributed by atoms with E-state index in [0.29, 0.717) is 6.04 Å². The van der Waals surface area contributed by atoms with E-state index in [1.807, 2.05) is 0 Å². The monoisotopic (exact) mass is 334 g/mol. The van der Waals surface area contributed by atoms with Gasteiger partial charge in [-0.05, 0) is 50.7 Å². The molecule has 1 aliphatic rings. The maximum absolute atomic E-state index is 4.96. The van der Waals surface area contributed by atoms with Crippen LogP contribution in [0.1, 0.15) is 30.3 Å². The molecule has 4 rings (SSSR count). The van der Waals surface area contributed by atoms with Crippen molar-refractivity contribution in [1.29, 1.82) is 0 Å². The van der Waals surface area contributed by atoms with Gasteiger partial charge in [-0.1, -0.05) is 42.5 Å². The molecule has 1 saturated heterocycles. The summed E-state index contributed by atoms with van der Waals surface area (Å²) in [6.45, 7) is 2.31. The van der Waals surface area contributed by atoms with Crippen molar-refractivity contribution < 1.29 is 0 Å². The fourth-order valence-electron chi connectivity index (χ4n) is 3.80. The van der Waals surface area contributed by atoms with Gasteiger partial charge in [-0.3, -0.25) is 0 Å². The van der Waals surface area contributed by atoms with E-state index in [2.05, 4.69) is 83.5 Å². The van der Waals surface area contributed by atoms with Crippen LogP contribution in [0.2, 0.25) is 0 Å². The summed E-state index contributed by atoms with van der Waals surface area (Å²) in [6.07, 6.45) is 2.37. The number of imidazole rings is 1. The molecule has 130 valence electrons. The van der Waals surface area contributed by atoms with Crippen molar-refractivity contribution >= 4 is 11.0 Å². The number of fused-ring (bicyclic) bond motifs is 1. The number of nitrogens with one attached hydrogen (secondary N) is 1. The number of piperidine rings is 1. The molecule has 1 N–H and O–H groups in total. The standard InChI is InChI=1S/C21H26N4/c1-24-14-12-17(13-15-24)22-20(16-8-4-3-5-9-16)21-23-18-10-6-7-11-19(18)25(21)2/h3-11,17,20,22H,12-15H2,1-2H3/t20-/m0/s1. The molecule has 0 amide bonds. The maximum Gasteiger partial charge on any atom is 0.131 e. The zero-order valence-electron chi connectivity index (χ0n) is 15.0. The van der Waals surface area contributed by atoms with Gasteiger partial charge in [-0.15, -0.1) is 0 Å². The lowest BCUT2D eigenvalue weighted by molar-refractivity contribution is 0.227. The van der Waals surface area contributed by atoms with Crippen LogP contribution in [-0.4, -0.2) is 40.6 Å². The second kappa shape index (κ2) is 6.98. The van der Waals surface area contributed by atoms with Crippen molar-refractivity contribution in [3.8, 4) is 0 Å². The van der Waals surface area contributed by atoms with Crippen LogP contribution in [0.4, 0.5) is 0 Å². The third-order valence-corrected chi connectivity index (χ3v) is 5.33. The van der Waals surface area contributed by atoms with E-state index in [1.165, 1.54) is 23.9 Å². The van der Waals surface area contributed by atoms with Crippen LogP contribution in [0.15, 0.2) is 54.6 Å². The first kappa shape index (κ1) is 16.3. The van der Waals surface area contributed by atoms with Gasteiger partial charge in [0.05, 0.1) is 17.1 Å². The second-order valence-corrected chi connectivity index (χ2v) is 7.11. The Morgan fingerprint density at radius 3 is 2.36 bits per heavy atom. The summed E-state index contributed by atoms with van der Waals surface area (Å²) in [4.78, 5) is 7.37. The first-order chi connectivity index (χ1) is 12.2. The lowest BCUT2D eigenvalue weighted by atomic mass is 10.0. The molecule has 0 radical (unpaired) electrons. The van der Waals surface area contributed by atoms with E-state index >= 15 is 0 Å². The van der Waals surface area contributed by atoms with Crippen molar-refractivity contribution in [3.63, 3.8) is 0 Å². The van der Waals surface area contributed by atoms with Crippen molar-refractivity contribution in [2.45, 2.75) is 24.9 Å². The van der Waals surface area contributed by atoms with Gasteiger partial charge in [-0.25, -0.2) is 4.98 Å². The molecule has 0 bridgehead atoms. The predicted molar refractivity (Wildman–Crippen MR) is 103 cm³/mol. The van der Waals surface area contributed by atoms with E-state index in [-0.39, 0.29) is 6.04 Å². The number of nitrogens with zero attached hydrogens (tertiary/aromatic N) is 3. The number of aromatic nitrogens is 2. The summed E-state index contributed by atoms with van der Waals surface area (Å²) in [6, 6.07) is 19.7. The molecule has 4 heteroatoms. The minimum Gasteiger partial charge on any atom is -0.330 e. The molecule has 0 unspecified atom stereocenters. The zero-order chi connectivity index (χ0) is 17.2. The lowest BCUT2D eigenvalue weighted by Crippen LogP contribution is -2.43. The SMILES string of the molecule is CN1CCC(N[C@@H](c2ccccc2)c2nc3ccccc3n2C)CC1. The quantitative estimate of drug-likeness (QED) is 0.794. The van der Waals surface area contributed by atoms with Gasteiger partial charge in [0, 0.05) is 13.1 Å². The van der Waals surface area contributed by atoms with Crippen LogP contribution in [0, 0.1) is 0 Å². The van der Waals surface area contributed by atoms with Crippen LogP contribution in [0.3, 0.4) is 0 Å². The molecular formula is C21H26N4. The van der Waals surface area contributed by atoms with E-state index in [9.17, 15) is 0 Å². The van der Waals surface area contributed by atoms with Gasteiger partial charge in [0.1, 0.15) is 5.82 Å². The Balaban J connectivity index is 1.70. The van der Waals surface area contributed by atoms with Crippen molar-refractivity contribution in [1.82, 2.24) is 19.8 Å². The van der Waals surface area contributed by atoms with E-state index in [1.54, 1.807) is 0 Å². The van der Waals surface area contributed by atoms with Gasteiger partial charge in [0.2, 0.25) is 0 Å². The van der Waals surface area contributed by atoms with Crippen LogP contribution in [0.25, 0.3) is 11.0 Å². The normalized spacial score (nSPS) is 17.8. The van der Waals surface area contributed by atoms with Gasteiger partial charge in [0.25, 0.3) is 0 Å².